The molecule has 0 unspecified atom stereocenters. The highest BCUT2D eigenvalue weighted by molar-refractivity contribution is 5.87. The third-order valence-corrected chi connectivity index (χ3v) is 4.61. The van der Waals surface area contributed by atoms with Crippen molar-refractivity contribution in [3.63, 3.8) is 0 Å². The minimum Gasteiger partial charge on any atom is -0.468 e. The number of ether oxygens (including phenoxy) is 1. The van der Waals surface area contributed by atoms with Gasteiger partial charge in [0.25, 0.3) is 0 Å². The molecule has 4 rings (SSSR count). The average Bonchev–Trinajstić information content (AvgIpc) is 2.99. The Bertz CT molecular complexity index is 919. The quantitative estimate of drug-likeness (QED) is 0.712. The zero-order chi connectivity index (χ0) is 16.7. The van der Waals surface area contributed by atoms with Gasteiger partial charge in [0.1, 0.15) is 11.9 Å². The number of nitrogens with one attached hydrogen (secondary N) is 2. The summed E-state index contributed by atoms with van der Waals surface area (Å²) in [5.41, 5.74) is 3.43. The lowest BCUT2D eigenvalue weighted by Crippen LogP contribution is -2.45. The van der Waals surface area contributed by atoms with E-state index in [2.05, 4.69) is 10.3 Å². The van der Waals surface area contributed by atoms with Crippen molar-refractivity contribution >= 4 is 16.9 Å². The van der Waals surface area contributed by atoms with Crippen LogP contribution in [-0.4, -0.2) is 24.1 Å². The van der Waals surface area contributed by atoms with E-state index in [0.29, 0.717) is 12.0 Å². The van der Waals surface area contributed by atoms with Crippen molar-refractivity contribution in [2.75, 3.05) is 7.11 Å². The summed E-state index contributed by atoms with van der Waals surface area (Å²) in [4.78, 5) is 15.5. The number of H-pyrrole nitrogens is 1. The molecule has 1 aliphatic heterocycles. The summed E-state index contributed by atoms with van der Waals surface area (Å²) in [6.45, 7) is 0. The van der Waals surface area contributed by atoms with Crippen LogP contribution in [0.1, 0.15) is 22.9 Å². The molecule has 0 bridgehead atoms. The number of aromatic amines is 1. The number of carbonyl (C=O) groups excluding carboxylic acids is 1. The molecule has 2 atom stereocenters. The lowest BCUT2D eigenvalue weighted by molar-refractivity contribution is -0.143. The van der Waals surface area contributed by atoms with Crippen LogP contribution in [-0.2, 0) is 16.0 Å². The van der Waals surface area contributed by atoms with Crippen molar-refractivity contribution in [3.05, 3.63) is 71.2 Å². The number of halogens is 1. The molecular weight excluding hydrogens is 307 g/mol. The molecule has 2 N–H and O–H groups in total. The predicted molar refractivity (Wildman–Crippen MR) is 89.2 cm³/mol. The van der Waals surface area contributed by atoms with E-state index in [1.807, 2.05) is 24.3 Å². The fourth-order valence-corrected chi connectivity index (χ4v) is 3.48. The minimum atomic E-state index is -0.508. The molecule has 0 spiro atoms. The third-order valence-electron chi connectivity index (χ3n) is 4.61. The maximum absolute atomic E-state index is 14.4. The number of methoxy groups -OCH3 is 1. The van der Waals surface area contributed by atoms with Crippen LogP contribution in [0.15, 0.2) is 48.5 Å². The number of hydrogen-bond donors (Lipinski definition) is 2. The highest BCUT2D eigenvalue weighted by Crippen LogP contribution is 2.36. The van der Waals surface area contributed by atoms with E-state index in [9.17, 15) is 9.18 Å². The van der Waals surface area contributed by atoms with Gasteiger partial charge in [0.2, 0.25) is 0 Å². The van der Waals surface area contributed by atoms with E-state index in [1.165, 1.54) is 13.2 Å². The highest BCUT2D eigenvalue weighted by Gasteiger charge is 2.35. The fraction of sp³-hybridized carbons (Fsp3) is 0.211. The van der Waals surface area contributed by atoms with Crippen LogP contribution in [0, 0.1) is 5.82 Å². The Labute approximate surface area is 138 Å². The van der Waals surface area contributed by atoms with Gasteiger partial charge in [0, 0.05) is 28.6 Å². The zero-order valence-electron chi connectivity index (χ0n) is 13.2. The second-order valence-corrected chi connectivity index (χ2v) is 5.96. The van der Waals surface area contributed by atoms with Crippen LogP contribution >= 0.6 is 0 Å². The number of benzene rings is 2. The zero-order valence-corrected chi connectivity index (χ0v) is 13.2. The van der Waals surface area contributed by atoms with Gasteiger partial charge >= 0.3 is 5.97 Å². The van der Waals surface area contributed by atoms with Crippen LogP contribution < -0.4 is 5.32 Å². The fourth-order valence-electron chi connectivity index (χ4n) is 3.48. The van der Waals surface area contributed by atoms with E-state index < -0.39 is 12.1 Å². The normalized spacial score (nSPS) is 19.9. The van der Waals surface area contributed by atoms with Crippen molar-refractivity contribution in [2.24, 2.45) is 0 Å². The van der Waals surface area contributed by atoms with Crippen molar-refractivity contribution < 1.29 is 13.9 Å². The maximum Gasteiger partial charge on any atom is 0.323 e. The van der Waals surface area contributed by atoms with Gasteiger partial charge in [-0.3, -0.25) is 10.1 Å². The van der Waals surface area contributed by atoms with Crippen molar-refractivity contribution in [2.45, 2.75) is 18.5 Å². The molecule has 3 aromatic rings. The lowest BCUT2D eigenvalue weighted by atomic mass is 9.90. The summed E-state index contributed by atoms with van der Waals surface area (Å²) in [6, 6.07) is 13.6. The standard InChI is InChI=1S/C19H17FN2O2/c1-24-19(23)16-10-13-11-6-3-5-9-15(11)21-18(13)17(22-16)12-7-2-4-8-14(12)20/h2-9,16-17,21-22H,10H2,1H3/t16-,17+/m1/s1. The molecule has 122 valence electrons. The molecule has 1 aromatic heterocycles. The van der Waals surface area contributed by atoms with Crippen molar-refractivity contribution in [3.8, 4) is 0 Å². The lowest BCUT2D eigenvalue weighted by Gasteiger charge is -2.30. The highest BCUT2D eigenvalue weighted by atomic mass is 19.1. The van der Waals surface area contributed by atoms with Crippen LogP contribution in [0.3, 0.4) is 0 Å². The second kappa shape index (κ2) is 5.76. The molecule has 0 aliphatic carbocycles. The van der Waals surface area contributed by atoms with Crippen LogP contribution in [0.2, 0.25) is 0 Å². The summed E-state index contributed by atoms with van der Waals surface area (Å²) in [5, 5.41) is 4.29. The number of rotatable bonds is 2. The topological polar surface area (TPSA) is 54.1 Å². The molecule has 0 saturated carbocycles. The van der Waals surface area contributed by atoms with E-state index >= 15 is 0 Å². The first-order valence-corrected chi connectivity index (χ1v) is 7.87. The first-order valence-electron chi connectivity index (χ1n) is 7.87. The Balaban J connectivity index is 1.90. The molecule has 4 nitrogen and oxygen atoms in total. The van der Waals surface area contributed by atoms with Crippen LogP contribution in [0.25, 0.3) is 10.9 Å². The minimum absolute atomic E-state index is 0.301. The third kappa shape index (κ3) is 2.29. The SMILES string of the molecule is COC(=O)[C@H]1Cc2c([nH]c3ccccc23)[C@H](c2ccccc2F)N1. The van der Waals surface area contributed by atoms with Crippen molar-refractivity contribution in [1.82, 2.24) is 10.3 Å². The average molecular weight is 324 g/mol. The molecule has 0 amide bonds. The Hall–Kier alpha value is -2.66. The van der Waals surface area contributed by atoms with Gasteiger partial charge in [-0.1, -0.05) is 36.4 Å². The van der Waals surface area contributed by atoms with Crippen LogP contribution in [0.5, 0.6) is 0 Å². The Kier molecular flexibility index (Phi) is 3.58. The molecule has 0 fully saturated rings. The first-order chi connectivity index (χ1) is 11.7. The summed E-state index contributed by atoms with van der Waals surface area (Å²) < 4.78 is 19.3. The van der Waals surface area contributed by atoms with E-state index in [1.54, 1.807) is 18.2 Å². The maximum atomic E-state index is 14.4. The van der Waals surface area contributed by atoms with Gasteiger partial charge < -0.3 is 9.72 Å². The van der Waals surface area contributed by atoms with E-state index in [0.717, 1.165) is 22.2 Å². The predicted octanol–water partition coefficient (Wildman–Crippen LogP) is 3.08. The molecule has 0 saturated heterocycles. The van der Waals surface area contributed by atoms with Gasteiger partial charge in [-0.05, 0) is 17.7 Å². The Morgan fingerprint density at radius 3 is 2.71 bits per heavy atom. The van der Waals surface area contributed by atoms with Gasteiger partial charge in [-0.25, -0.2) is 4.39 Å². The molecular formula is C19H17FN2O2. The number of hydrogen-bond acceptors (Lipinski definition) is 3. The molecule has 5 heteroatoms. The van der Waals surface area contributed by atoms with E-state index in [-0.39, 0.29) is 11.8 Å². The number of esters is 1. The molecule has 2 aromatic carbocycles. The van der Waals surface area contributed by atoms with E-state index in [4.69, 9.17) is 4.74 Å². The van der Waals surface area contributed by atoms with Crippen molar-refractivity contribution in [1.29, 1.82) is 0 Å². The summed E-state index contributed by atoms with van der Waals surface area (Å²) in [6.07, 6.45) is 0.511. The first kappa shape index (κ1) is 14.9. The number of carbonyl (C=O) groups is 1. The molecule has 0 radical (unpaired) electrons. The molecule has 24 heavy (non-hydrogen) atoms. The van der Waals surface area contributed by atoms with Gasteiger partial charge in [-0.2, -0.15) is 0 Å². The second-order valence-electron chi connectivity index (χ2n) is 5.96. The summed E-state index contributed by atoms with van der Waals surface area (Å²) in [7, 11) is 1.37. The Morgan fingerprint density at radius 2 is 1.92 bits per heavy atom. The number of fused-ring (bicyclic) bond motifs is 3. The smallest absolute Gasteiger partial charge is 0.323 e. The monoisotopic (exact) mass is 324 g/mol. The summed E-state index contributed by atoms with van der Waals surface area (Å²) in [5.74, 6) is -0.641. The number of para-hydroxylation sites is 1. The Morgan fingerprint density at radius 1 is 1.17 bits per heavy atom. The summed E-state index contributed by atoms with van der Waals surface area (Å²) >= 11 is 0. The molecule has 2 heterocycles. The largest absolute Gasteiger partial charge is 0.468 e. The van der Waals surface area contributed by atoms with Gasteiger partial charge in [0.05, 0.1) is 13.2 Å². The van der Waals surface area contributed by atoms with Crippen LogP contribution in [0.4, 0.5) is 4.39 Å². The van der Waals surface area contributed by atoms with Gasteiger partial charge in [0.15, 0.2) is 0 Å². The number of aromatic nitrogens is 1. The molecule has 1 aliphatic rings. The van der Waals surface area contributed by atoms with Gasteiger partial charge in [-0.15, -0.1) is 0 Å².